The molecule has 0 radical (unpaired) electrons. The number of benzene rings is 2. The Morgan fingerprint density at radius 3 is 2.42 bits per heavy atom. The molecule has 10 heteroatoms. The van der Waals surface area contributed by atoms with E-state index in [4.69, 9.17) is 16.2 Å². The molecule has 2 aromatic rings. The molecule has 0 amide bonds. The molecule has 36 heavy (non-hydrogen) atoms. The van der Waals surface area contributed by atoms with Crippen molar-refractivity contribution in [2.45, 2.75) is 76.3 Å². The van der Waals surface area contributed by atoms with Gasteiger partial charge in [0.25, 0.3) is 10.0 Å². The maximum absolute atomic E-state index is 13.3. The summed E-state index contributed by atoms with van der Waals surface area (Å²) in [5.74, 6) is -0.617. The minimum absolute atomic E-state index is 0.124. The molecule has 0 saturated carbocycles. The molecule has 1 unspecified atom stereocenters. The Balaban J connectivity index is 1.71. The summed E-state index contributed by atoms with van der Waals surface area (Å²) in [5.41, 5.74) is 13.9. The number of carboxylic acid groups (broad SMARTS) is 1. The quantitative estimate of drug-likeness (QED) is 0.227. The summed E-state index contributed by atoms with van der Waals surface area (Å²) in [6.45, 7) is 9.44. The highest BCUT2D eigenvalue weighted by molar-refractivity contribution is 7.90. The molecule has 0 aromatic heterocycles. The molecule has 1 atom stereocenters. The molecule has 196 valence electrons. The number of ether oxygens (including phenoxy) is 1. The van der Waals surface area contributed by atoms with Crippen LogP contribution in [0.2, 0.25) is 0 Å². The summed E-state index contributed by atoms with van der Waals surface area (Å²) in [6, 6.07) is 9.16. The van der Waals surface area contributed by atoms with Crippen molar-refractivity contribution < 1.29 is 23.1 Å². The van der Waals surface area contributed by atoms with E-state index in [0.717, 1.165) is 22.4 Å². The lowest BCUT2D eigenvalue weighted by atomic mass is 9.87. The fourth-order valence-corrected chi connectivity index (χ4v) is 6.22. The molecule has 2 aromatic carbocycles. The summed E-state index contributed by atoms with van der Waals surface area (Å²) < 4.78 is 35.0. The average molecular weight is 517 g/mol. The highest BCUT2D eigenvalue weighted by Crippen LogP contribution is 2.43. The van der Waals surface area contributed by atoms with E-state index in [1.165, 1.54) is 0 Å². The van der Waals surface area contributed by atoms with Crippen molar-refractivity contribution in [2.24, 2.45) is 16.5 Å². The third-order valence-corrected chi connectivity index (χ3v) is 8.28. The van der Waals surface area contributed by atoms with Crippen LogP contribution >= 0.6 is 0 Å². The smallest absolute Gasteiger partial charge is 0.324 e. The number of sulfonamides is 1. The second kappa shape index (κ2) is 10.1. The van der Waals surface area contributed by atoms with Gasteiger partial charge in [0, 0.05) is 24.9 Å². The fourth-order valence-electron chi connectivity index (χ4n) is 4.69. The van der Waals surface area contributed by atoms with E-state index in [-0.39, 0.29) is 30.2 Å². The standard InChI is InChI=1S/C26H36N4O5S/c1-16-17(2)22(18(3)20-15-25(4,5)35-21(16)20)36(33,34)30-24(27)29-13-9-12-26(28,23(31)32)14-19-10-7-6-8-11-19/h6-8,10-11H,9,12-15,28H2,1-5H3,(H,31,32)(H3,27,29,30). The molecule has 9 nitrogen and oxygen atoms in total. The van der Waals surface area contributed by atoms with Crippen LogP contribution in [0.4, 0.5) is 0 Å². The lowest BCUT2D eigenvalue weighted by Crippen LogP contribution is -2.50. The first-order valence-electron chi connectivity index (χ1n) is 11.9. The Morgan fingerprint density at radius 1 is 1.17 bits per heavy atom. The molecular weight excluding hydrogens is 480 g/mol. The Morgan fingerprint density at radius 2 is 1.81 bits per heavy atom. The van der Waals surface area contributed by atoms with Gasteiger partial charge < -0.3 is 21.3 Å². The van der Waals surface area contributed by atoms with Gasteiger partial charge in [-0.05, 0) is 69.7 Å². The first-order valence-corrected chi connectivity index (χ1v) is 13.4. The van der Waals surface area contributed by atoms with E-state index < -0.39 is 27.1 Å². The lowest BCUT2D eigenvalue weighted by Gasteiger charge is -2.24. The maximum Gasteiger partial charge on any atom is 0.324 e. The van der Waals surface area contributed by atoms with E-state index in [1.54, 1.807) is 13.8 Å². The van der Waals surface area contributed by atoms with Crippen LogP contribution in [0.3, 0.4) is 0 Å². The number of aliphatic carboxylic acids is 1. The Hall–Kier alpha value is -3.11. The number of nitrogens with zero attached hydrogens (tertiary/aromatic N) is 1. The van der Waals surface area contributed by atoms with Gasteiger partial charge in [0.2, 0.25) is 5.96 Å². The predicted octanol–water partition coefficient (Wildman–Crippen LogP) is 2.72. The van der Waals surface area contributed by atoms with Gasteiger partial charge in [0.05, 0.1) is 4.90 Å². The minimum Gasteiger partial charge on any atom is -0.487 e. The number of nitrogens with two attached hydrogens (primary N) is 2. The van der Waals surface area contributed by atoms with Crippen molar-refractivity contribution in [1.29, 1.82) is 0 Å². The van der Waals surface area contributed by atoms with E-state index in [0.29, 0.717) is 24.0 Å². The maximum atomic E-state index is 13.3. The monoisotopic (exact) mass is 516 g/mol. The third kappa shape index (κ3) is 5.82. The third-order valence-electron chi connectivity index (χ3n) is 6.65. The summed E-state index contributed by atoms with van der Waals surface area (Å²) in [4.78, 5) is 16.1. The van der Waals surface area contributed by atoms with E-state index in [1.807, 2.05) is 51.1 Å². The molecule has 0 spiro atoms. The van der Waals surface area contributed by atoms with Gasteiger partial charge >= 0.3 is 5.97 Å². The summed E-state index contributed by atoms with van der Waals surface area (Å²) >= 11 is 0. The molecule has 0 saturated heterocycles. The normalized spacial score (nSPS) is 16.7. The van der Waals surface area contributed by atoms with Crippen molar-refractivity contribution in [2.75, 3.05) is 6.54 Å². The number of fused-ring (bicyclic) bond motifs is 1. The number of hydrogen-bond acceptors (Lipinski definition) is 6. The van der Waals surface area contributed by atoms with E-state index >= 15 is 0 Å². The first kappa shape index (κ1) is 27.5. The molecule has 1 aliphatic rings. The van der Waals surface area contributed by atoms with Gasteiger partial charge in [-0.15, -0.1) is 0 Å². The van der Waals surface area contributed by atoms with Crippen LogP contribution in [0.5, 0.6) is 5.75 Å². The number of nitrogens with one attached hydrogen (secondary N) is 1. The van der Waals surface area contributed by atoms with Gasteiger partial charge in [-0.25, -0.2) is 13.1 Å². The number of guanidine groups is 1. The molecule has 1 heterocycles. The molecule has 3 rings (SSSR count). The average Bonchev–Trinajstić information content (AvgIpc) is 3.11. The molecule has 0 bridgehead atoms. The van der Waals surface area contributed by atoms with Crippen LogP contribution in [-0.4, -0.2) is 43.1 Å². The first-order chi connectivity index (χ1) is 16.7. The van der Waals surface area contributed by atoms with Gasteiger partial charge in [-0.1, -0.05) is 30.3 Å². The number of carboxylic acids is 1. The summed E-state index contributed by atoms with van der Waals surface area (Å²) in [6.07, 6.45) is 1.25. The highest BCUT2D eigenvalue weighted by Gasteiger charge is 2.37. The zero-order chi connectivity index (χ0) is 26.9. The van der Waals surface area contributed by atoms with Crippen LogP contribution in [0.25, 0.3) is 0 Å². The summed E-state index contributed by atoms with van der Waals surface area (Å²) in [7, 11) is -4.00. The molecule has 1 aliphatic heterocycles. The second-order valence-corrected chi connectivity index (χ2v) is 11.8. The van der Waals surface area contributed by atoms with Crippen LogP contribution in [0, 0.1) is 20.8 Å². The minimum atomic E-state index is -4.00. The number of rotatable bonds is 9. The zero-order valence-corrected chi connectivity index (χ0v) is 22.3. The van der Waals surface area contributed by atoms with E-state index in [2.05, 4.69) is 9.71 Å². The van der Waals surface area contributed by atoms with Gasteiger partial charge in [-0.2, -0.15) is 0 Å². The lowest BCUT2D eigenvalue weighted by molar-refractivity contribution is -0.143. The van der Waals surface area contributed by atoms with Gasteiger partial charge in [0.15, 0.2) is 0 Å². The van der Waals surface area contributed by atoms with Crippen molar-refractivity contribution >= 4 is 22.0 Å². The van der Waals surface area contributed by atoms with Crippen LogP contribution in [0.1, 0.15) is 54.5 Å². The van der Waals surface area contributed by atoms with Crippen molar-refractivity contribution in [1.82, 2.24) is 4.72 Å². The molecule has 0 aliphatic carbocycles. The Kier molecular flexibility index (Phi) is 7.71. The van der Waals surface area contributed by atoms with Crippen LogP contribution in [0.15, 0.2) is 40.2 Å². The molecular formula is C26H36N4O5S. The second-order valence-electron chi connectivity index (χ2n) is 10.2. The Labute approximate surface area is 213 Å². The fraction of sp³-hybridized carbons (Fsp3) is 0.462. The number of hydrogen-bond donors (Lipinski definition) is 4. The topological polar surface area (TPSA) is 157 Å². The Bertz CT molecular complexity index is 1290. The van der Waals surface area contributed by atoms with Crippen molar-refractivity contribution in [3.8, 4) is 5.75 Å². The van der Waals surface area contributed by atoms with Gasteiger partial charge in [0.1, 0.15) is 16.9 Å². The van der Waals surface area contributed by atoms with Crippen LogP contribution in [-0.2, 0) is 27.7 Å². The number of carbonyl (C=O) groups is 1. The highest BCUT2D eigenvalue weighted by atomic mass is 32.2. The van der Waals surface area contributed by atoms with E-state index in [9.17, 15) is 18.3 Å². The molecule has 0 fully saturated rings. The van der Waals surface area contributed by atoms with Gasteiger partial charge in [-0.3, -0.25) is 9.79 Å². The SMILES string of the molecule is Cc1c(C)c(S(=O)(=O)NC(N)=NCCCC(N)(Cc2ccccc2)C(=O)O)c(C)c2c1OC(C)(C)C2. The zero-order valence-electron chi connectivity index (χ0n) is 21.5. The van der Waals surface area contributed by atoms with Crippen LogP contribution < -0.4 is 20.9 Å². The van der Waals surface area contributed by atoms with Crippen molar-refractivity contribution in [3.63, 3.8) is 0 Å². The summed E-state index contributed by atoms with van der Waals surface area (Å²) in [5, 5.41) is 9.67. The number of aliphatic imine (C=N–C) groups is 1. The van der Waals surface area contributed by atoms with Crippen molar-refractivity contribution in [3.05, 3.63) is 58.1 Å². The predicted molar refractivity (Wildman–Crippen MR) is 140 cm³/mol. The largest absolute Gasteiger partial charge is 0.487 e. The molecule has 6 N–H and O–H groups in total.